The second-order valence-electron chi connectivity index (χ2n) is 4.47. The zero-order chi connectivity index (χ0) is 15.7. The van der Waals surface area contributed by atoms with Gasteiger partial charge >= 0.3 is 0 Å². The molecule has 0 fully saturated rings. The third-order valence-corrected chi connectivity index (χ3v) is 3.07. The van der Waals surface area contributed by atoms with E-state index in [1.54, 1.807) is 0 Å². The topological polar surface area (TPSA) is 117 Å². The average molecular weight is 315 g/mol. The Morgan fingerprint density at radius 3 is 2.33 bits per heavy atom. The first-order chi connectivity index (χ1) is 9.87. The molecule has 0 unspecified atom stereocenters. The second-order valence-corrected chi connectivity index (χ2v) is 6.11. The molecule has 1 aromatic carbocycles. The van der Waals surface area contributed by atoms with Gasteiger partial charge < -0.3 is 16.2 Å². The molecule has 0 radical (unpaired) electrons. The van der Waals surface area contributed by atoms with E-state index in [2.05, 4.69) is 9.18 Å². The van der Waals surface area contributed by atoms with E-state index in [-0.39, 0.29) is 12.6 Å². The summed E-state index contributed by atoms with van der Waals surface area (Å²) in [6, 6.07) is 7.44. The summed E-state index contributed by atoms with van der Waals surface area (Å²) < 4.78 is 31.6. The van der Waals surface area contributed by atoms with Crippen LogP contribution in [-0.2, 0) is 20.8 Å². The zero-order valence-corrected chi connectivity index (χ0v) is 12.8. The highest BCUT2D eigenvalue weighted by atomic mass is 32.2. The first kappa shape index (κ1) is 17.3. The Morgan fingerprint density at radius 1 is 1.14 bits per heavy atom. The molecular formula is C13H21N3O4S. The lowest BCUT2D eigenvalue weighted by Crippen LogP contribution is -2.22. The van der Waals surface area contributed by atoms with Crippen molar-refractivity contribution in [3.63, 3.8) is 0 Å². The van der Waals surface area contributed by atoms with Crippen molar-refractivity contribution in [3.05, 3.63) is 29.8 Å². The molecule has 21 heavy (non-hydrogen) atoms. The smallest absolute Gasteiger partial charge is 0.264 e. The molecule has 0 spiro atoms. The normalized spacial score (nSPS) is 11.1. The van der Waals surface area contributed by atoms with Gasteiger partial charge in [-0.05, 0) is 30.5 Å². The molecule has 0 aliphatic carbocycles. The van der Waals surface area contributed by atoms with Crippen LogP contribution in [0, 0.1) is 0 Å². The number of nitrogens with two attached hydrogens (primary N) is 2. The Hall–Kier alpha value is -1.80. The number of ether oxygens (including phenoxy) is 1. The molecule has 118 valence electrons. The van der Waals surface area contributed by atoms with Crippen molar-refractivity contribution in [2.24, 2.45) is 16.5 Å². The van der Waals surface area contributed by atoms with Crippen LogP contribution in [0.25, 0.3) is 0 Å². The summed E-state index contributed by atoms with van der Waals surface area (Å²) in [6.07, 6.45) is 2.37. The van der Waals surface area contributed by atoms with Crippen LogP contribution >= 0.6 is 0 Å². The maximum atomic E-state index is 10.7. The van der Waals surface area contributed by atoms with Crippen molar-refractivity contribution >= 4 is 16.1 Å². The second kappa shape index (κ2) is 8.48. The van der Waals surface area contributed by atoms with Crippen LogP contribution in [0.5, 0.6) is 5.75 Å². The van der Waals surface area contributed by atoms with Crippen LogP contribution in [0.3, 0.4) is 0 Å². The maximum absolute atomic E-state index is 10.7. The van der Waals surface area contributed by atoms with Gasteiger partial charge in [-0.1, -0.05) is 12.1 Å². The van der Waals surface area contributed by atoms with Crippen LogP contribution in [0.15, 0.2) is 29.3 Å². The standard InChI is InChI=1S/C13H21N3O4S/c1-21(17,18)20-9-3-2-8-19-12-6-4-11(5-7-12)10-16-13(14)15/h4-7H,2-3,8-10H2,1H3,(H4,14,15,16). The number of aliphatic imine (C=N–C) groups is 1. The molecule has 7 nitrogen and oxygen atoms in total. The van der Waals surface area contributed by atoms with Crippen molar-refractivity contribution in [1.29, 1.82) is 0 Å². The lowest BCUT2D eigenvalue weighted by atomic mass is 10.2. The van der Waals surface area contributed by atoms with Gasteiger partial charge in [0.2, 0.25) is 0 Å². The largest absolute Gasteiger partial charge is 0.494 e. The summed E-state index contributed by atoms with van der Waals surface area (Å²) >= 11 is 0. The minimum absolute atomic E-state index is 0.0617. The van der Waals surface area contributed by atoms with Crippen molar-refractivity contribution in [2.75, 3.05) is 19.5 Å². The highest BCUT2D eigenvalue weighted by molar-refractivity contribution is 7.85. The lowest BCUT2D eigenvalue weighted by Gasteiger charge is -2.07. The Labute approximate surface area is 125 Å². The molecule has 0 aliphatic rings. The SMILES string of the molecule is CS(=O)(=O)OCCCCOc1ccc(CN=C(N)N)cc1. The van der Waals surface area contributed by atoms with E-state index in [0.29, 0.717) is 26.0 Å². The third-order valence-electron chi connectivity index (χ3n) is 2.47. The quantitative estimate of drug-likeness (QED) is 0.298. The Bertz CT molecular complexity index is 551. The summed E-state index contributed by atoms with van der Waals surface area (Å²) in [5, 5.41) is 0. The van der Waals surface area contributed by atoms with Crippen molar-refractivity contribution in [3.8, 4) is 5.75 Å². The van der Waals surface area contributed by atoms with E-state index in [1.165, 1.54) is 0 Å². The van der Waals surface area contributed by atoms with Crippen LogP contribution in [0.1, 0.15) is 18.4 Å². The fourth-order valence-corrected chi connectivity index (χ4v) is 1.90. The zero-order valence-electron chi connectivity index (χ0n) is 12.0. The number of guanidine groups is 1. The van der Waals surface area contributed by atoms with Gasteiger partial charge in [0.05, 0.1) is 26.0 Å². The van der Waals surface area contributed by atoms with Gasteiger partial charge in [-0.15, -0.1) is 0 Å². The van der Waals surface area contributed by atoms with Crippen LogP contribution < -0.4 is 16.2 Å². The van der Waals surface area contributed by atoms with Gasteiger partial charge in [-0.3, -0.25) is 4.18 Å². The number of hydrogen-bond acceptors (Lipinski definition) is 5. The molecule has 0 saturated heterocycles. The van der Waals surface area contributed by atoms with Gasteiger partial charge in [0.25, 0.3) is 10.1 Å². The van der Waals surface area contributed by atoms with E-state index in [9.17, 15) is 8.42 Å². The number of rotatable bonds is 9. The predicted molar refractivity (Wildman–Crippen MR) is 81.5 cm³/mol. The van der Waals surface area contributed by atoms with Crippen molar-refractivity contribution < 1.29 is 17.3 Å². The van der Waals surface area contributed by atoms with Crippen molar-refractivity contribution in [2.45, 2.75) is 19.4 Å². The molecule has 0 amide bonds. The minimum Gasteiger partial charge on any atom is -0.494 e. The monoisotopic (exact) mass is 315 g/mol. The Balaban J connectivity index is 2.22. The highest BCUT2D eigenvalue weighted by Crippen LogP contribution is 2.13. The van der Waals surface area contributed by atoms with E-state index < -0.39 is 10.1 Å². The average Bonchev–Trinajstić information content (AvgIpc) is 2.40. The number of unbranched alkanes of at least 4 members (excludes halogenated alkanes) is 1. The third kappa shape index (κ3) is 8.87. The van der Waals surface area contributed by atoms with Gasteiger partial charge in [-0.2, -0.15) is 8.42 Å². The Morgan fingerprint density at radius 2 is 1.76 bits per heavy atom. The molecule has 0 bridgehead atoms. The van der Waals surface area contributed by atoms with Crippen molar-refractivity contribution in [1.82, 2.24) is 0 Å². The molecule has 0 aromatic heterocycles. The molecule has 4 N–H and O–H groups in total. The maximum Gasteiger partial charge on any atom is 0.264 e. The first-order valence-corrected chi connectivity index (χ1v) is 8.30. The number of benzene rings is 1. The van der Waals surface area contributed by atoms with Crippen LogP contribution in [-0.4, -0.2) is 33.8 Å². The van der Waals surface area contributed by atoms with Crippen LogP contribution in [0.2, 0.25) is 0 Å². The molecule has 0 heterocycles. The van der Waals surface area contributed by atoms with E-state index >= 15 is 0 Å². The molecule has 0 atom stereocenters. The minimum atomic E-state index is -3.35. The summed E-state index contributed by atoms with van der Waals surface area (Å²) in [5.41, 5.74) is 11.5. The predicted octanol–water partition coefficient (Wildman–Crippen LogP) is 0.595. The Kier molecular flexibility index (Phi) is 6.97. The molecule has 8 heteroatoms. The fourth-order valence-electron chi connectivity index (χ4n) is 1.48. The van der Waals surface area contributed by atoms with Gasteiger partial charge in [-0.25, -0.2) is 4.99 Å². The number of nitrogens with zero attached hydrogens (tertiary/aromatic N) is 1. The summed E-state index contributed by atoms with van der Waals surface area (Å²) in [7, 11) is -3.35. The molecule has 0 saturated carbocycles. The van der Waals surface area contributed by atoms with E-state index in [0.717, 1.165) is 17.6 Å². The molecule has 1 aromatic rings. The lowest BCUT2D eigenvalue weighted by molar-refractivity contribution is 0.270. The summed E-state index contributed by atoms with van der Waals surface area (Å²) in [6.45, 7) is 1.12. The molecular weight excluding hydrogens is 294 g/mol. The van der Waals surface area contributed by atoms with Crippen LogP contribution in [0.4, 0.5) is 0 Å². The van der Waals surface area contributed by atoms with E-state index in [1.807, 2.05) is 24.3 Å². The molecule has 1 rings (SSSR count). The summed E-state index contributed by atoms with van der Waals surface area (Å²) in [4.78, 5) is 3.91. The van der Waals surface area contributed by atoms with Gasteiger partial charge in [0.15, 0.2) is 5.96 Å². The van der Waals surface area contributed by atoms with Gasteiger partial charge in [0.1, 0.15) is 5.75 Å². The van der Waals surface area contributed by atoms with Gasteiger partial charge in [0, 0.05) is 0 Å². The first-order valence-electron chi connectivity index (χ1n) is 6.48. The highest BCUT2D eigenvalue weighted by Gasteiger charge is 2.01. The molecule has 0 aliphatic heterocycles. The summed E-state index contributed by atoms with van der Waals surface area (Å²) in [5.74, 6) is 0.805. The van der Waals surface area contributed by atoms with E-state index in [4.69, 9.17) is 16.2 Å². The number of hydrogen-bond donors (Lipinski definition) is 2. The fraction of sp³-hybridized carbons (Fsp3) is 0.462.